The Morgan fingerprint density at radius 2 is 2.06 bits per heavy atom. The van der Waals surface area contributed by atoms with E-state index >= 15 is 0 Å². The molecule has 16 heavy (non-hydrogen) atoms. The van der Waals surface area contributed by atoms with Crippen LogP contribution in [0.15, 0.2) is 23.1 Å². The minimum atomic E-state index is -4.37. The van der Waals surface area contributed by atoms with E-state index in [-0.39, 0.29) is 0 Å². The fourth-order valence-corrected chi connectivity index (χ4v) is 2.58. The van der Waals surface area contributed by atoms with Crippen molar-refractivity contribution < 1.29 is 17.9 Å². The molecule has 0 radical (unpaired) electrons. The van der Waals surface area contributed by atoms with Crippen LogP contribution in [-0.4, -0.2) is 11.1 Å². The summed E-state index contributed by atoms with van der Waals surface area (Å²) < 4.78 is 43.2. The molecule has 5 heteroatoms. The lowest BCUT2D eigenvalue weighted by molar-refractivity contribution is -0.202. The van der Waals surface area contributed by atoms with E-state index in [1.807, 2.05) is 6.92 Å². The Morgan fingerprint density at radius 1 is 1.38 bits per heavy atom. The second kappa shape index (κ2) is 3.58. The highest BCUT2D eigenvalue weighted by molar-refractivity contribution is 8.01. The second-order valence-corrected chi connectivity index (χ2v) is 5.21. The summed E-state index contributed by atoms with van der Waals surface area (Å²) in [6.07, 6.45) is -3.57. The van der Waals surface area contributed by atoms with Gasteiger partial charge in [0, 0.05) is 0 Å². The van der Waals surface area contributed by atoms with Crippen LogP contribution in [0.5, 0.6) is 5.75 Å². The number of fused-ring (bicyclic) bond motifs is 1. The molecule has 0 spiro atoms. The van der Waals surface area contributed by atoms with Gasteiger partial charge in [-0.05, 0) is 31.0 Å². The molecule has 88 valence electrons. The first-order valence-electron chi connectivity index (χ1n) is 4.93. The number of aryl methyl sites for hydroxylation is 1. The number of halogens is 3. The zero-order chi connectivity index (χ0) is 12.0. The van der Waals surface area contributed by atoms with Crippen molar-refractivity contribution in [2.24, 2.45) is 0 Å². The summed E-state index contributed by atoms with van der Waals surface area (Å²) in [5.74, 6) is 0.321. The molecule has 0 fully saturated rings. The third-order valence-corrected chi connectivity index (χ3v) is 3.78. The maximum atomic E-state index is 12.7. The summed E-state index contributed by atoms with van der Waals surface area (Å²) in [4.78, 5) is -1.58. The average Bonchev–Trinajstić information content (AvgIpc) is 2.53. The molecular weight excluding hydrogens is 237 g/mol. The van der Waals surface area contributed by atoms with Gasteiger partial charge in [0.2, 0.25) is 0 Å². The van der Waals surface area contributed by atoms with Crippen LogP contribution in [0.25, 0.3) is 0 Å². The van der Waals surface area contributed by atoms with Crippen LogP contribution in [0.1, 0.15) is 19.4 Å². The van der Waals surface area contributed by atoms with E-state index in [1.54, 1.807) is 18.2 Å². The van der Waals surface area contributed by atoms with Gasteiger partial charge in [-0.3, -0.25) is 0 Å². The number of ether oxygens (including phenoxy) is 1. The maximum Gasteiger partial charge on any atom is 0.438 e. The van der Waals surface area contributed by atoms with Crippen molar-refractivity contribution >= 4 is 11.8 Å². The highest BCUT2D eigenvalue weighted by atomic mass is 32.2. The lowest BCUT2D eigenvalue weighted by Gasteiger charge is -2.25. The predicted octanol–water partition coefficient (Wildman–Crippen LogP) is 4.01. The maximum absolute atomic E-state index is 12.7. The van der Waals surface area contributed by atoms with E-state index in [1.165, 1.54) is 0 Å². The van der Waals surface area contributed by atoms with Gasteiger partial charge in [-0.2, -0.15) is 13.2 Å². The zero-order valence-electron chi connectivity index (χ0n) is 8.89. The summed E-state index contributed by atoms with van der Waals surface area (Å²) in [6.45, 7) is 3.02. The van der Waals surface area contributed by atoms with E-state index in [9.17, 15) is 13.2 Å². The quantitative estimate of drug-likeness (QED) is 0.742. The van der Waals surface area contributed by atoms with Gasteiger partial charge in [-0.1, -0.05) is 24.8 Å². The Balaban J connectivity index is 2.34. The zero-order valence-corrected chi connectivity index (χ0v) is 9.71. The molecule has 0 N–H and O–H groups in total. The Morgan fingerprint density at radius 3 is 2.62 bits per heavy atom. The largest absolute Gasteiger partial charge is 0.466 e. The van der Waals surface area contributed by atoms with Crippen molar-refractivity contribution in [2.45, 2.75) is 36.3 Å². The van der Waals surface area contributed by atoms with Gasteiger partial charge >= 0.3 is 6.18 Å². The monoisotopic (exact) mass is 248 g/mol. The molecular formula is C11H11F3OS. The van der Waals surface area contributed by atoms with E-state index in [2.05, 4.69) is 0 Å². The molecule has 1 aliphatic rings. The molecule has 0 aromatic heterocycles. The highest BCUT2D eigenvalue weighted by Gasteiger charge is 2.57. The fourth-order valence-electron chi connectivity index (χ4n) is 1.49. The minimum Gasteiger partial charge on any atom is -0.466 e. The van der Waals surface area contributed by atoms with Gasteiger partial charge in [-0.15, -0.1) is 0 Å². The van der Waals surface area contributed by atoms with Crippen molar-refractivity contribution in [3.05, 3.63) is 23.8 Å². The number of alkyl halides is 3. The van der Waals surface area contributed by atoms with Crippen molar-refractivity contribution in [1.82, 2.24) is 0 Å². The molecule has 1 atom stereocenters. The van der Waals surface area contributed by atoms with Crippen molar-refractivity contribution in [2.75, 3.05) is 0 Å². The van der Waals surface area contributed by atoms with Gasteiger partial charge in [0.15, 0.2) is 0 Å². The van der Waals surface area contributed by atoms with Crippen LogP contribution in [0.4, 0.5) is 13.2 Å². The van der Waals surface area contributed by atoms with Gasteiger partial charge in [0.1, 0.15) is 5.75 Å². The topological polar surface area (TPSA) is 9.23 Å². The Bertz CT molecular complexity index is 416. The van der Waals surface area contributed by atoms with Gasteiger partial charge in [-0.25, -0.2) is 0 Å². The third-order valence-electron chi connectivity index (χ3n) is 2.54. The summed E-state index contributed by atoms with van der Waals surface area (Å²) in [7, 11) is 0. The molecule has 0 bridgehead atoms. The predicted molar refractivity (Wildman–Crippen MR) is 56.8 cm³/mol. The van der Waals surface area contributed by atoms with E-state index in [0.717, 1.165) is 30.7 Å². The Hall–Kier alpha value is -0.840. The van der Waals surface area contributed by atoms with E-state index < -0.39 is 11.1 Å². The molecule has 1 heterocycles. The molecule has 2 rings (SSSR count). The SMILES string of the molecule is CCc1ccc2c(c1)SC(C)(C(F)(F)F)O2. The van der Waals surface area contributed by atoms with Crippen LogP contribution >= 0.6 is 11.8 Å². The molecule has 1 unspecified atom stereocenters. The van der Waals surface area contributed by atoms with Crippen LogP contribution < -0.4 is 4.74 Å². The van der Waals surface area contributed by atoms with E-state index in [4.69, 9.17) is 4.74 Å². The summed E-state index contributed by atoms with van der Waals surface area (Å²) in [5, 5.41) is 0. The highest BCUT2D eigenvalue weighted by Crippen LogP contribution is 2.54. The van der Waals surface area contributed by atoms with Crippen LogP contribution in [-0.2, 0) is 6.42 Å². The average molecular weight is 248 g/mol. The number of rotatable bonds is 1. The summed E-state index contributed by atoms with van der Waals surface area (Å²) in [5.41, 5.74) is 1.02. The van der Waals surface area contributed by atoms with Crippen molar-refractivity contribution in [3.8, 4) is 5.75 Å². The Labute approximate surface area is 96.0 Å². The van der Waals surface area contributed by atoms with Crippen LogP contribution in [0.3, 0.4) is 0 Å². The Kier molecular flexibility index (Phi) is 2.61. The van der Waals surface area contributed by atoms with Crippen molar-refractivity contribution in [3.63, 3.8) is 0 Å². The molecule has 0 saturated carbocycles. The third kappa shape index (κ3) is 1.77. The van der Waals surface area contributed by atoms with Crippen molar-refractivity contribution in [1.29, 1.82) is 0 Å². The summed E-state index contributed by atoms with van der Waals surface area (Å²) in [6, 6.07) is 5.16. The lowest BCUT2D eigenvalue weighted by Crippen LogP contribution is -2.41. The molecule has 0 aliphatic carbocycles. The van der Waals surface area contributed by atoms with Gasteiger partial charge < -0.3 is 4.74 Å². The lowest BCUT2D eigenvalue weighted by atomic mass is 10.2. The standard InChI is InChI=1S/C11H11F3OS/c1-3-7-4-5-8-9(6-7)16-10(2,15-8)11(12,13)14/h4-6H,3H2,1-2H3. The molecule has 0 saturated heterocycles. The normalized spacial score (nSPS) is 24.1. The van der Waals surface area contributed by atoms with Gasteiger partial charge in [0.05, 0.1) is 4.90 Å². The van der Waals surface area contributed by atoms with Crippen LogP contribution in [0, 0.1) is 0 Å². The van der Waals surface area contributed by atoms with Gasteiger partial charge in [0.25, 0.3) is 4.93 Å². The number of thioether (sulfide) groups is 1. The number of benzene rings is 1. The summed E-state index contributed by atoms with van der Waals surface area (Å²) >= 11 is 0.728. The molecule has 0 amide bonds. The first-order chi connectivity index (χ1) is 7.36. The fraction of sp³-hybridized carbons (Fsp3) is 0.455. The number of hydrogen-bond donors (Lipinski definition) is 0. The molecule has 1 aliphatic heterocycles. The second-order valence-electron chi connectivity index (χ2n) is 3.78. The molecule has 1 aromatic rings. The smallest absolute Gasteiger partial charge is 0.438 e. The number of hydrogen-bond acceptors (Lipinski definition) is 2. The first kappa shape index (κ1) is 11.6. The van der Waals surface area contributed by atoms with Crippen LogP contribution in [0.2, 0.25) is 0 Å². The first-order valence-corrected chi connectivity index (χ1v) is 5.75. The molecule has 1 aromatic carbocycles. The minimum absolute atomic E-state index is 0.321. The van der Waals surface area contributed by atoms with E-state index in [0.29, 0.717) is 10.6 Å². The molecule has 1 nitrogen and oxygen atoms in total.